The van der Waals surface area contributed by atoms with Crippen molar-refractivity contribution < 1.29 is 0 Å². The summed E-state index contributed by atoms with van der Waals surface area (Å²) in [4.78, 5) is 4.81. The number of aromatic nitrogens is 2. The molecule has 1 aromatic heterocycles. The van der Waals surface area contributed by atoms with Gasteiger partial charge in [0.2, 0.25) is 0 Å². The van der Waals surface area contributed by atoms with Gasteiger partial charge in [0.15, 0.2) is 0 Å². The highest BCUT2D eigenvalue weighted by Gasteiger charge is 2.15. The van der Waals surface area contributed by atoms with Gasteiger partial charge in [-0.2, -0.15) is 0 Å². The third-order valence-electron chi connectivity index (χ3n) is 4.39. The zero-order valence-corrected chi connectivity index (χ0v) is 12.8. The van der Waals surface area contributed by atoms with Crippen LogP contribution in [-0.4, -0.2) is 22.1 Å². The van der Waals surface area contributed by atoms with Crippen molar-refractivity contribution in [3.05, 3.63) is 29.6 Å². The van der Waals surface area contributed by atoms with E-state index in [1.54, 1.807) is 0 Å². The van der Waals surface area contributed by atoms with E-state index in [1.165, 1.54) is 42.7 Å². The second kappa shape index (κ2) is 5.57. The number of hydrogen-bond acceptors (Lipinski definition) is 2. The highest BCUT2D eigenvalue weighted by molar-refractivity contribution is 5.77. The second-order valence-electron chi connectivity index (χ2n) is 6.36. The largest absolute Gasteiger partial charge is 0.331 e. The topological polar surface area (TPSA) is 29.9 Å². The van der Waals surface area contributed by atoms with Gasteiger partial charge in [0.1, 0.15) is 5.82 Å². The fourth-order valence-electron chi connectivity index (χ4n) is 3.29. The molecule has 2 aromatic rings. The minimum atomic E-state index is 0.468. The van der Waals surface area contributed by atoms with Crippen LogP contribution in [0.25, 0.3) is 11.0 Å². The molecule has 1 fully saturated rings. The van der Waals surface area contributed by atoms with Crippen LogP contribution in [0.3, 0.4) is 0 Å². The Kier molecular flexibility index (Phi) is 3.79. The Morgan fingerprint density at radius 3 is 2.90 bits per heavy atom. The zero-order valence-electron chi connectivity index (χ0n) is 12.8. The second-order valence-corrected chi connectivity index (χ2v) is 6.36. The summed E-state index contributed by atoms with van der Waals surface area (Å²) >= 11 is 0. The number of hydrogen-bond donors (Lipinski definition) is 1. The monoisotopic (exact) mass is 271 g/mol. The predicted octanol–water partition coefficient (Wildman–Crippen LogP) is 3.38. The molecule has 1 unspecified atom stereocenters. The van der Waals surface area contributed by atoms with Crippen LogP contribution in [0, 0.1) is 0 Å². The molecule has 0 aliphatic carbocycles. The minimum absolute atomic E-state index is 0.468. The number of benzene rings is 1. The molecule has 0 spiro atoms. The van der Waals surface area contributed by atoms with E-state index >= 15 is 0 Å². The molecule has 1 saturated heterocycles. The molecule has 3 nitrogen and oxygen atoms in total. The van der Waals surface area contributed by atoms with Crippen LogP contribution in [0.2, 0.25) is 0 Å². The molecule has 0 bridgehead atoms. The first kappa shape index (κ1) is 13.6. The quantitative estimate of drug-likeness (QED) is 0.927. The van der Waals surface area contributed by atoms with Crippen LogP contribution in [0.4, 0.5) is 0 Å². The first-order valence-electron chi connectivity index (χ1n) is 7.84. The van der Waals surface area contributed by atoms with E-state index in [9.17, 15) is 0 Å². The van der Waals surface area contributed by atoms with E-state index in [1.807, 2.05) is 0 Å². The molecule has 3 rings (SSSR count). The Morgan fingerprint density at radius 2 is 2.20 bits per heavy atom. The van der Waals surface area contributed by atoms with E-state index in [2.05, 4.69) is 49.0 Å². The molecule has 1 aromatic carbocycles. The lowest BCUT2D eigenvalue weighted by molar-refractivity contribution is 0.399. The lowest BCUT2D eigenvalue weighted by atomic mass is 9.97. The van der Waals surface area contributed by atoms with Crippen LogP contribution in [-0.2, 0) is 13.5 Å². The molecule has 2 heterocycles. The third kappa shape index (κ3) is 2.59. The van der Waals surface area contributed by atoms with Crippen molar-refractivity contribution in [2.75, 3.05) is 6.54 Å². The Bertz CT molecular complexity index is 592. The Labute approximate surface area is 121 Å². The van der Waals surface area contributed by atoms with Gasteiger partial charge in [-0.15, -0.1) is 0 Å². The highest BCUT2D eigenvalue weighted by atomic mass is 15.1. The van der Waals surface area contributed by atoms with Gasteiger partial charge in [0, 0.05) is 19.0 Å². The van der Waals surface area contributed by atoms with Crippen molar-refractivity contribution in [1.29, 1.82) is 0 Å². The first-order chi connectivity index (χ1) is 9.65. The number of imidazole rings is 1. The van der Waals surface area contributed by atoms with Gasteiger partial charge in [-0.1, -0.05) is 26.3 Å². The minimum Gasteiger partial charge on any atom is -0.331 e. The van der Waals surface area contributed by atoms with Crippen LogP contribution in [0.15, 0.2) is 18.2 Å². The average Bonchev–Trinajstić information content (AvgIpc) is 2.77. The zero-order chi connectivity index (χ0) is 14.1. The smallest absolute Gasteiger partial charge is 0.112 e. The van der Waals surface area contributed by atoms with Gasteiger partial charge in [0.25, 0.3) is 0 Å². The lowest BCUT2D eigenvalue weighted by Crippen LogP contribution is -2.35. The van der Waals surface area contributed by atoms with Crippen molar-refractivity contribution in [3.8, 4) is 0 Å². The van der Waals surface area contributed by atoms with E-state index in [-0.39, 0.29) is 0 Å². The van der Waals surface area contributed by atoms with Crippen LogP contribution < -0.4 is 5.32 Å². The maximum Gasteiger partial charge on any atom is 0.112 e. The summed E-state index contributed by atoms with van der Waals surface area (Å²) in [6, 6.07) is 7.42. The molecule has 0 amide bonds. The van der Waals surface area contributed by atoms with Crippen LogP contribution in [0.5, 0.6) is 0 Å². The molecule has 1 atom stereocenters. The summed E-state index contributed by atoms with van der Waals surface area (Å²) in [5.41, 5.74) is 3.80. The molecule has 20 heavy (non-hydrogen) atoms. The number of fused-ring (bicyclic) bond motifs is 1. The summed E-state index contributed by atoms with van der Waals surface area (Å²) in [5.74, 6) is 1.64. The van der Waals surface area contributed by atoms with E-state index in [0.717, 1.165) is 11.9 Å². The van der Waals surface area contributed by atoms with Gasteiger partial charge < -0.3 is 9.88 Å². The average molecular weight is 271 g/mol. The van der Waals surface area contributed by atoms with Gasteiger partial charge >= 0.3 is 0 Å². The highest BCUT2D eigenvalue weighted by Crippen LogP contribution is 2.22. The van der Waals surface area contributed by atoms with Gasteiger partial charge in [-0.25, -0.2) is 4.98 Å². The van der Waals surface area contributed by atoms with E-state index in [4.69, 9.17) is 4.98 Å². The number of rotatable bonds is 3. The molecular formula is C17H25N3. The fourth-order valence-corrected chi connectivity index (χ4v) is 3.29. The van der Waals surface area contributed by atoms with Crippen molar-refractivity contribution >= 4 is 11.0 Å². The van der Waals surface area contributed by atoms with Gasteiger partial charge in [-0.3, -0.25) is 0 Å². The maximum atomic E-state index is 4.81. The molecule has 1 N–H and O–H groups in total. The summed E-state index contributed by atoms with van der Waals surface area (Å²) in [6.45, 7) is 5.58. The molecule has 0 radical (unpaired) electrons. The summed E-state index contributed by atoms with van der Waals surface area (Å²) in [6.07, 6.45) is 5.12. The van der Waals surface area contributed by atoms with Gasteiger partial charge in [0.05, 0.1) is 11.0 Å². The van der Waals surface area contributed by atoms with Crippen molar-refractivity contribution in [2.24, 2.45) is 7.05 Å². The number of nitrogens with one attached hydrogen (secondary N) is 1. The van der Waals surface area contributed by atoms with Crippen LogP contribution in [0.1, 0.15) is 50.4 Å². The van der Waals surface area contributed by atoms with Crippen molar-refractivity contribution in [3.63, 3.8) is 0 Å². The Balaban J connectivity index is 1.86. The van der Waals surface area contributed by atoms with E-state index in [0.29, 0.717) is 12.0 Å². The Morgan fingerprint density at radius 1 is 1.35 bits per heavy atom. The van der Waals surface area contributed by atoms with Crippen LogP contribution >= 0.6 is 0 Å². The lowest BCUT2D eigenvalue weighted by Gasteiger charge is -2.23. The molecule has 108 valence electrons. The molecule has 1 aliphatic rings. The molecule has 1 aliphatic heterocycles. The predicted molar refractivity (Wildman–Crippen MR) is 84.1 cm³/mol. The van der Waals surface area contributed by atoms with E-state index < -0.39 is 0 Å². The standard InChI is InChI=1S/C17H25N3/c1-12(2)17-19-15-11-13(7-8-16(15)20(17)3)10-14-6-4-5-9-18-14/h7-8,11-12,14,18H,4-6,9-10H2,1-3H3. The molecule has 0 saturated carbocycles. The first-order valence-corrected chi connectivity index (χ1v) is 7.84. The normalized spacial score (nSPS) is 19.9. The Hall–Kier alpha value is -1.35. The van der Waals surface area contributed by atoms with Gasteiger partial charge in [-0.05, 0) is 43.5 Å². The summed E-state index contributed by atoms with van der Waals surface area (Å²) < 4.78 is 2.22. The summed E-state index contributed by atoms with van der Waals surface area (Å²) in [5, 5.41) is 3.62. The SMILES string of the molecule is CC(C)c1nc2cc(CC3CCCCN3)ccc2n1C. The fraction of sp³-hybridized carbons (Fsp3) is 0.588. The van der Waals surface area contributed by atoms with Crippen molar-refractivity contribution in [1.82, 2.24) is 14.9 Å². The molecule has 3 heteroatoms. The molecular weight excluding hydrogens is 246 g/mol. The third-order valence-corrected chi connectivity index (χ3v) is 4.39. The number of aryl methyl sites for hydroxylation is 1. The number of piperidine rings is 1. The van der Waals surface area contributed by atoms with Crippen molar-refractivity contribution in [2.45, 2.75) is 51.5 Å². The maximum absolute atomic E-state index is 4.81. The summed E-state index contributed by atoms with van der Waals surface area (Å²) in [7, 11) is 2.12. The number of nitrogens with zero attached hydrogens (tertiary/aromatic N) is 2.